The molecule has 0 bridgehead atoms. The molecule has 2 N–H and O–H groups in total. The molecule has 1 rings (SSSR count). The number of hydrogen-bond donors (Lipinski definition) is 2. The maximum atomic E-state index is 11.6. The summed E-state index contributed by atoms with van der Waals surface area (Å²) in [6.07, 6.45) is -1.83. The summed E-state index contributed by atoms with van der Waals surface area (Å²) >= 11 is 0. The van der Waals surface area contributed by atoms with Crippen molar-refractivity contribution in [1.29, 1.82) is 0 Å². The Morgan fingerprint density at radius 1 is 1.44 bits per heavy atom. The second-order valence-electron chi connectivity index (χ2n) is 3.46. The lowest BCUT2D eigenvalue weighted by molar-refractivity contribution is -0.210. The predicted molar refractivity (Wildman–Crippen MR) is 52.4 cm³/mol. The van der Waals surface area contributed by atoms with E-state index in [9.17, 15) is 9.90 Å². The number of hydrogen-bond acceptors (Lipinski definition) is 6. The van der Waals surface area contributed by atoms with Gasteiger partial charge in [-0.15, -0.1) is 0 Å². The van der Waals surface area contributed by atoms with Gasteiger partial charge in [-0.25, -0.2) is 0 Å². The summed E-state index contributed by atoms with van der Waals surface area (Å²) in [5.74, 6) is -0.281. The number of aliphatic hydroxyl groups excluding tert-OH is 2. The smallest absolute Gasteiger partial charge is 0.256 e. The molecule has 7 nitrogen and oxygen atoms in total. The summed E-state index contributed by atoms with van der Waals surface area (Å²) in [6, 6.07) is -0.590. The van der Waals surface area contributed by atoms with E-state index < -0.39 is 24.9 Å². The molecule has 0 aromatic carbocycles. The van der Waals surface area contributed by atoms with Crippen molar-refractivity contribution in [2.45, 2.75) is 18.2 Å². The molecule has 1 aliphatic rings. The van der Waals surface area contributed by atoms with Crippen molar-refractivity contribution >= 4 is 5.91 Å². The number of β-lactam (4-membered cyclic amide) rings is 1. The Morgan fingerprint density at radius 3 is 2.62 bits per heavy atom. The summed E-state index contributed by atoms with van der Waals surface area (Å²) in [6.45, 7) is -0.412. The van der Waals surface area contributed by atoms with Crippen LogP contribution in [-0.2, 0) is 19.0 Å². The maximum Gasteiger partial charge on any atom is 0.256 e. The van der Waals surface area contributed by atoms with Crippen LogP contribution in [0.25, 0.3) is 0 Å². The lowest BCUT2D eigenvalue weighted by Gasteiger charge is -2.47. The van der Waals surface area contributed by atoms with Crippen molar-refractivity contribution in [2.75, 3.05) is 34.4 Å². The molecule has 0 radical (unpaired) electrons. The highest BCUT2D eigenvalue weighted by Crippen LogP contribution is 2.25. The van der Waals surface area contributed by atoms with Gasteiger partial charge < -0.3 is 29.3 Å². The lowest BCUT2D eigenvalue weighted by atomic mass is 9.93. The van der Waals surface area contributed by atoms with Gasteiger partial charge in [0.25, 0.3) is 5.91 Å². The molecule has 3 atom stereocenters. The zero-order valence-corrected chi connectivity index (χ0v) is 9.33. The molecule has 0 aromatic heterocycles. The summed E-state index contributed by atoms with van der Waals surface area (Å²) < 4.78 is 14.6. The fraction of sp³-hybridized carbons (Fsp3) is 0.889. The summed E-state index contributed by atoms with van der Waals surface area (Å²) in [4.78, 5) is 12.9. The van der Waals surface area contributed by atoms with E-state index in [1.54, 1.807) is 0 Å². The van der Waals surface area contributed by atoms with E-state index in [4.69, 9.17) is 14.6 Å². The van der Waals surface area contributed by atoms with Gasteiger partial charge >= 0.3 is 0 Å². The van der Waals surface area contributed by atoms with Crippen LogP contribution < -0.4 is 0 Å². The molecule has 0 unspecified atom stereocenters. The lowest BCUT2D eigenvalue weighted by Crippen LogP contribution is -2.70. The van der Waals surface area contributed by atoms with Crippen LogP contribution in [0.5, 0.6) is 0 Å². The minimum atomic E-state index is -1.05. The molecule has 7 heteroatoms. The number of likely N-dealkylation sites (tertiary alicyclic amines) is 1. The molecule has 16 heavy (non-hydrogen) atoms. The molecule has 1 aliphatic heterocycles. The standard InChI is InChI=1S/C9H17NO6/c1-14-4-10-7(6(12)3-11)8(9(10)13)16-5-15-2/h6-8,11-12H,3-5H2,1-2H3/t6-,7+,8-/m1/s1. The quantitative estimate of drug-likeness (QED) is 0.397. The second-order valence-corrected chi connectivity index (χ2v) is 3.46. The maximum absolute atomic E-state index is 11.6. The van der Waals surface area contributed by atoms with E-state index in [1.807, 2.05) is 0 Å². The topological polar surface area (TPSA) is 88.5 Å². The monoisotopic (exact) mass is 235 g/mol. The van der Waals surface area contributed by atoms with E-state index in [-0.39, 0.29) is 19.4 Å². The van der Waals surface area contributed by atoms with Crippen LogP contribution in [0.1, 0.15) is 0 Å². The normalized spacial score (nSPS) is 26.8. The van der Waals surface area contributed by atoms with Gasteiger partial charge in [-0.05, 0) is 0 Å². The zero-order chi connectivity index (χ0) is 12.1. The van der Waals surface area contributed by atoms with Gasteiger partial charge in [0.2, 0.25) is 0 Å². The van der Waals surface area contributed by atoms with Gasteiger partial charge in [0, 0.05) is 14.2 Å². The first-order chi connectivity index (χ1) is 7.67. The van der Waals surface area contributed by atoms with Crippen LogP contribution in [0.15, 0.2) is 0 Å². The van der Waals surface area contributed by atoms with Crippen molar-refractivity contribution in [3.8, 4) is 0 Å². The van der Waals surface area contributed by atoms with Crippen molar-refractivity contribution in [2.24, 2.45) is 0 Å². The number of methoxy groups -OCH3 is 2. The average Bonchev–Trinajstić information content (AvgIpc) is 2.30. The largest absolute Gasteiger partial charge is 0.394 e. The Kier molecular flexibility index (Phi) is 5.10. The van der Waals surface area contributed by atoms with Crippen molar-refractivity contribution < 1.29 is 29.2 Å². The number of aliphatic hydroxyl groups is 2. The minimum Gasteiger partial charge on any atom is -0.394 e. The van der Waals surface area contributed by atoms with Gasteiger partial charge in [0.05, 0.1) is 12.6 Å². The molecule has 1 heterocycles. The van der Waals surface area contributed by atoms with Crippen LogP contribution in [0.2, 0.25) is 0 Å². The Morgan fingerprint density at radius 2 is 2.12 bits per heavy atom. The number of ether oxygens (including phenoxy) is 3. The summed E-state index contributed by atoms with van der Waals surface area (Å²) in [5.41, 5.74) is 0. The fourth-order valence-electron chi connectivity index (χ4n) is 1.66. The second kappa shape index (κ2) is 6.12. The first-order valence-electron chi connectivity index (χ1n) is 4.86. The van der Waals surface area contributed by atoms with Crippen molar-refractivity contribution in [3.63, 3.8) is 0 Å². The fourth-order valence-corrected chi connectivity index (χ4v) is 1.66. The first-order valence-corrected chi connectivity index (χ1v) is 4.86. The van der Waals surface area contributed by atoms with Crippen molar-refractivity contribution in [3.05, 3.63) is 0 Å². The molecule has 0 aromatic rings. The minimum absolute atomic E-state index is 0.0358. The van der Waals surface area contributed by atoms with Crippen LogP contribution in [0.4, 0.5) is 0 Å². The number of carbonyl (C=O) groups is 1. The highest BCUT2D eigenvalue weighted by atomic mass is 16.7. The van der Waals surface area contributed by atoms with Gasteiger partial charge in [-0.2, -0.15) is 0 Å². The predicted octanol–water partition coefficient (Wildman–Crippen LogP) is -1.86. The molecule has 0 aliphatic carbocycles. The van der Waals surface area contributed by atoms with Crippen LogP contribution >= 0.6 is 0 Å². The number of carbonyl (C=O) groups excluding carboxylic acids is 1. The molecule has 1 saturated heterocycles. The van der Waals surface area contributed by atoms with E-state index in [2.05, 4.69) is 4.74 Å². The molecule has 0 spiro atoms. The third-order valence-corrected chi connectivity index (χ3v) is 2.41. The Hall–Kier alpha value is -0.730. The molecular formula is C9H17NO6. The van der Waals surface area contributed by atoms with Gasteiger partial charge in [0.1, 0.15) is 19.6 Å². The number of nitrogens with zero attached hydrogens (tertiary/aromatic N) is 1. The molecular weight excluding hydrogens is 218 g/mol. The first kappa shape index (κ1) is 13.3. The van der Waals surface area contributed by atoms with Gasteiger partial charge in [0.15, 0.2) is 6.10 Å². The summed E-state index contributed by atoms with van der Waals surface area (Å²) in [5, 5.41) is 18.4. The zero-order valence-electron chi connectivity index (χ0n) is 9.33. The van der Waals surface area contributed by atoms with E-state index in [1.165, 1.54) is 19.1 Å². The van der Waals surface area contributed by atoms with E-state index in [0.717, 1.165) is 0 Å². The Balaban J connectivity index is 2.59. The molecule has 94 valence electrons. The SMILES string of the molecule is COCO[C@H]1C(=O)N(COC)[C@H]1[C@H](O)CO. The molecule has 1 fully saturated rings. The molecule has 0 saturated carbocycles. The third-order valence-electron chi connectivity index (χ3n) is 2.41. The number of rotatable bonds is 7. The number of amides is 1. The van der Waals surface area contributed by atoms with Crippen LogP contribution in [-0.4, -0.2) is 73.6 Å². The van der Waals surface area contributed by atoms with Crippen LogP contribution in [0, 0.1) is 0 Å². The summed E-state index contributed by atoms with van der Waals surface area (Å²) in [7, 11) is 2.88. The van der Waals surface area contributed by atoms with Crippen molar-refractivity contribution in [1.82, 2.24) is 4.90 Å². The van der Waals surface area contributed by atoms with E-state index in [0.29, 0.717) is 0 Å². The van der Waals surface area contributed by atoms with E-state index >= 15 is 0 Å². The van der Waals surface area contributed by atoms with Gasteiger partial charge in [-0.3, -0.25) is 4.79 Å². The highest BCUT2D eigenvalue weighted by Gasteiger charge is 2.51. The van der Waals surface area contributed by atoms with Gasteiger partial charge in [-0.1, -0.05) is 0 Å². The molecule has 1 amide bonds. The third kappa shape index (κ3) is 2.50. The Bertz CT molecular complexity index is 236. The highest BCUT2D eigenvalue weighted by molar-refractivity contribution is 5.88. The van der Waals surface area contributed by atoms with Crippen LogP contribution in [0.3, 0.4) is 0 Å². The Labute approximate surface area is 93.5 Å². The average molecular weight is 235 g/mol.